The number of phenolic OH excluding ortho intramolecular Hbond substituents is 1. The molecule has 6 aliphatic rings. The number of benzene rings is 1. The molecule has 1 unspecified atom stereocenters. The Morgan fingerprint density at radius 1 is 0.837 bits per heavy atom. The first-order valence-electron chi connectivity index (χ1n) is 30.0. The summed E-state index contributed by atoms with van der Waals surface area (Å²) >= 11 is 0. The van der Waals surface area contributed by atoms with Gasteiger partial charge in [-0.15, -0.1) is 0 Å². The molecule has 8 bridgehead atoms. The number of carbonyl (C=O) groups excluding carboxylic acids is 7. The maximum absolute atomic E-state index is 14.3. The van der Waals surface area contributed by atoms with Gasteiger partial charge in [-0.1, -0.05) is 40.7 Å². The van der Waals surface area contributed by atoms with Gasteiger partial charge in [-0.25, -0.2) is 4.98 Å². The Morgan fingerprint density at radius 2 is 1.43 bits per heavy atom. The quantitative estimate of drug-likeness (QED) is 0.0478. The summed E-state index contributed by atoms with van der Waals surface area (Å²) < 4.78 is 31.5. The van der Waals surface area contributed by atoms with Crippen LogP contribution in [0, 0.1) is 57.2 Å². The summed E-state index contributed by atoms with van der Waals surface area (Å²) in [5.74, 6) is -7.55. The van der Waals surface area contributed by atoms with Crippen LogP contribution in [0.4, 0.5) is 0 Å². The number of rotatable bonds is 26. The van der Waals surface area contributed by atoms with Gasteiger partial charge in [-0.2, -0.15) is 5.70 Å². The molecule has 29 nitrogen and oxygen atoms in total. The molecule has 6 aliphatic heterocycles. The van der Waals surface area contributed by atoms with E-state index >= 15 is 0 Å². The number of allylic oxidation sites excluding steroid dienone is 6. The van der Waals surface area contributed by atoms with Gasteiger partial charge in [0.2, 0.25) is 41.4 Å². The van der Waals surface area contributed by atoms with Crippen LogP contribution >= 0.6 is 7.82 Å². The number of phosphoric ester groups is 1. The fourth-order valence-corrected chi connectivity index (χ4v) is 16.2. The minimum Gasteiger partial charge on any atom is -0.756 e. The molecule has 1 aromatic heterocycles. The van der Waals surface area contributed by atoms with Crippen molar-refractivity contribution in [1.82, 2.24) is 14.9 Å². The second kappa shape index (κ2) is 28.2. The number of aliphatic imine (C=N–C) groups is 3. The molecule has 1 aromatic carbocycles. The van der Waals surface area contributed by atoms with Gasteiger partial charge in [0.1, 0.15) is 24.1 Å². The summed E-state index contributed by atoms with van der Waals surface area (Å²) in [7, 11) is -5.34. The average molecular weight is 1340 g/mol. The number of aromatic nitrogens is 2. The molecule has 2 fully saturated rings. The number of phosphoric acid groups is 1. The van der Waals surface area contributed by atoms with Crippen LogP contribution in [-0.4, -0.2) is 133 Å². The van der Waals surface area contributed by atoms with E-state index in [2.05, 4.69) is 10.3 Å². The molecule has 8 rings (SSSR count). The third-order valence-electron chi connectivity index (χ3n) is 19.8. The number of primary amides is 6. The van der Waals surface area contributed by atoms with Gasteiger partial charge in [0.15, 0.2) is 6.23 Å². The van der Waals surface area contributed by atoms with E-state index in [9.17, 15) is 58.3 Å². The fraction of sp³-hybridized carbons (Fsp3) is 0.607. The van der Waals surface area contributed by atoms with Crippen LogP contribution in [0.25, 0.3) is 16.4 Å². The molecule has 2 saturated heterocycles. The Bertz CT molecular complexity index is 3550. The predicted octanol–water partition coefficient (Wildman–Crippen LogP) is 2.50. The molecule has 16 N–H and O–H groups in total. The Balaban J connectivity index is 0.00000444. The number of nitrogens with one attached hydrogen (secondary N) is 1. The van der Waals surface area contributed by atoms with Gasteiger partial charge in [0.25, 0.3) is 7.82 Å². The van der Waals surface area contributed by atoms with Gasteiger partial charge in [0, 0.05) is 131 Å². The number of nitrogens with two attached hydrogens (primary N) is 6. The molecule has 15 atom stereocenters. The Labute approximate surface area is 543 Å². The van der Waals surface area contributed by atoms with Crippen LogP contribution in [0.15, 0.2) is 73.8 Å². The van der Waals surface area contributed by atoms with Crippen molar-refractivity contribution < 1.29 is 88.9 Å². The van der Waals surface area contributed by atoms with Gasteiger partial charge < -0.3 is 95.4 Å². The minimum absolute atomic E-state index is 0. The maximum Gasteiger partial charge on any atom is 0.268 e. The van der Waals surface area contributed by atoms with Gasteiger partial charge in [0.05, 0.1) is 41.3 Å². The van der Waals surface area contributed by atoms with Gasteiger partial charge in [-0.3, -0.25) is 53.1 Å². The van der Waals surface area contributed by atoms with Crippen LogP contribution in [0.5, 0.6) is 5.75 Å². The zero-order valence-corrected chi connectivity index (χ0v) is 54.9. The Hall–Kier alpha value is -7.20. The third kappa shape index (κ3) is 14.3. The molecular formula is C61H84CoN14O15P-3. The standard InChI is InChI=1S/C60H86N13O15P.CN.Co/c1-28(87-89(84,85)88-51-39(26-74)86-55(50(51)83)73-27-68-37-20-31(75)10-14-38(37)73)25-67-47(82)18-19-57(6)35(21-44(64)79)54-60(9)59(8,24-46(66)81)34(13-17-43(63)78)49(72-60)30(3)53-58(7,23-45(65)80)32(11-15-41(61)76)36(69-53)22-40-56(4,5)33(12-16-42(62)77)48(70-40)29(2)52(57)71-54;1-2;/h10,14,20,22,27-28,32-35,39,50-51,54-55,74,83H,11-13,15-19,21,23-26H2,1-9H3,(H16,61,62,63,64,65,66,67,69,70,71,72,75,76,77,78,79,80,81,82,84,85);;/q;-1;/p-2/t28-,32-,33-,34-,35+,39-,50-,51-,54-,55+,57-,58+,59+,60+;;/m1../s1. The van der Waals surface area contributed by atoms with Crippen molar-refractivity contribution in [2.45, 2.75) is 175 Å². The number of aliphatic hydroxyl groups excluding tert-OH is 2. The van der Waals surface area contributed by atoms with E-state index in [1.165, 1.54) is 36.0 Å². The van der Waals surface area contributed by atoms with Crippen molar-refractivity contribution in [3.8, 4) is 5.75 Å². The molecule has 0 aliphatic carbocycles. The molecule has 7 heterocycles. The maximum atomic E-state index is 14.3. The van der Waals surface area contributed by atoms with E-state index in [1.54, 1.807) is 13.8 Å². The molecule has 2 aromatic rings. The summed E-state index contributed by atoms with van der Waals surface area (Å²) in [5, 5.41) is 46.1. The molecule has 505 valence electrons. The first-order chi connectivity index (χ1) is 42.4. The number of fused-ring (bicyclic) bond motifs is 7. The zero-order chi connectivity index (χ0) is 67.8. The first-order valence-corrected chi connectivity index (χ1v) is 31.5. The van der Waals surface area contributed by atoms with Crippen LogP contribution in [0.2, 0.25) is 0 Å². The van der Waals surface area contributed by atoms with Crippen molar-refractivity contribution in [3.63, 3.8) is 0 Å². The molecule has 0 spiro atoms. The fourth-order valence-electron chi connectivity index (χ4n) is 15.1. The number of aliphatic hydroxyl groups is 2. The van der Waals surface area contributed by atoms with Crippen molar-refractivity contribution >= 4 is 77.3 Å². The van der Waals surface area contributed by atoms with Crippen LogP contribution < -0.4 is 44.6 Å². The normalized spacial score (nSPS) is 33.3. The summed E-state index contributed by atoms with van der Waals surface area (Å²) in [6, 6.07) is 3.22. The second-order valence-electron chi connectivity index (χ2n) is 26.2. The zero-order valence-electron chi connectivity index (χ0n) is 53.0. The van der Waals surface area contributed by atoms with E-state index in [1.807, 2.05) is 47.6 Å². The summed E-state index contributed by atoms with van der Waals surface area (Å²) in [5.41, 5.74) is 34.2. The van der Waals surface area contributed by atoms with Crippen LogP contribution in [-0.2, 0) is 68.7 Å². The van der Waals surface area contributed by atoms with E-state index in [0.717, 1.165) is 0 Å². The smallest absolute Gasteiger partial charge is 0.268 e. The van der Waals surface area contributed by atoms with Crippen molar-refractivity contribution in [2.75, 3.05) is 13.2 Å². The second-order valence-corrected chi connectivity index (χ2v) is 27.6. The topological polar surface area (TPSA) is 509 Å². The molecule has 92 heavy (non-hydrogen) atoms. The van der Waals surface area contributed by atoms with Crippen molar-refractivity contribution in [3.05, 3.63) is 70.7 Å². The third-order valence-corrected chi connectivity index (χ3v) is 21.0. The molecule has 0 saturated carbocycles. The number of carbonyl (C=O) groups is 7. The van der Waals surface area contributed by atoms with Crippen molar-refractivity contribution in [1.29, 1.82) is 5.26 Å². The number of amides is 7. The number of imidazole rings is 1. The summed E-state index contributed by atoms with van der Waals surface area (Å²) in [6.07, 6.45) is -5.25. The monoisotopic (exact) mass is 1340 g/mol. The number of aromatic hydroxyl groups is 1. The Morgan fingerprint density at radius 3 is 2.01 bits per heavy atom. The Kier molecular flexibility index (Phi) is 22.6. The van der Waals surface area contributed by atoms with E-state index in [4.69, 9.17) is 80.3 Å². The van der Waals surface area contributed by atoms with Gasteiger partial charge >= 0.3 is 0 Å². The number of nitrogens with zero attached hydrogens (tertiary/aromatic N) is 7. The predicted molar refractivity (Wildman–Crippen MR) is 329 cm³/mol. The first kappa shape index (κ1) is 73.8. The molecule has 31 heteroatoms. The van der Waals surface area contributed by atoms with Crippen LogP contribution in [0.1, 0.15) is 139 Å². The van der Waals surface area contributed by atoms with Crippen LogP contribution in [0.3, 0.4) is 0 Å². The molecule has 7 amide bonds. The summed E-state index contributed by atoms with van der Waals surface area (Å²) in [4.78, 5) is 127. The number of hydrogen-bond acceptors (Lipinski definition) is 20. The average Bonchev–Trinajstić information content (AvgIpc) is 1.53. The van der Waals surface area contributed by atoms with E-state index in [0.29, 0.717) is 56.4 Å². The minimum atomic E-state index is -5.34. The van der Waals surface area contributed by atoms with E-state index in [-0.39, 0.29) is 99.7 Å². The SMILES string of the molecule is C/C1=C2/[N-][C@H]([C@H](CC(N)=O)[C@@]2(C)CCC(=O)NC[C@@H](C)OP(=O)([O-])O[C@H]2[C@@H](O)[C@@H](n3cnc4cc(O)ccc43)O[C@@H]2CO)[C@]2(C)N=C(/C(C)=C3N=C(/C=C4N=C1[C@@H](CCC(N)=O)C\4(C)C)[C@@H](CCC(N)=O)[C@]\3(C)CC(N)=O)[C@@H](CCC(N)=O)[C@]2(C)CC(N)=O.[C-]#N.[Co]. The summed E-state index contributed by atoms with van der Waals surface area (Å²) in [6.45, 7) is 19.7. The molecular weight excluding hydrogens is 1260 g/mol. The largest absolute Gasteiger partial charge is 0.756 e. The number of phenols is 1. The molecule has 1 radical (unpaired) electrons. The number of ether oxygens (including phenoxy) is 1. The number of hydrogen-bond donors (Lipinski definition) is 10. The van der Waals surface area contributed by atoms with E-state index < -0.39 is 143 Å². The van der Waals surface area contributed by atoms with Gasteiger partial charge in [-0.05, 0) is 94.1 Å². The van der Waals surface area contributed by atoms with Crippen molar-refractivity contribution in [2.24, 2.45) is 94.7 Å².